The SMILES string of the molecule is Cc1ccc(S(=O)(=O)NCCC#C/C=C/C#CCOS(C)(=O)=O)cc1. The number of sulfonamides is 1. The van der Waals surface area contributed by atoms with Gasteiger partial charge >= 0.3 is 0 Å². The van der Waals surface area contributed by atoms with Crippen LogP contribution in [0.5, 0.6) is 0 Å². The lowest BCUT2D eigenvalue weighted by molar-refractivity contribution is 0.368. The predicted molar refractivity (Wildman–Crippen MR) is 96.5 cm³/mol. The zero-order chi connectivity index (χ0) is 18.8. The third-order valence-corrected chi connectivity index (χ3v) is 4.70. The van der Waals surface area contributed by atoms with Crippen molar-refractivity contribution in [1.29, 1.82) is 0 Å². The molecule has 1 aromatic carbocycles. The maximum Gasteiger partial charge on any atom is 0.265 e. The van der Waals surface area contributed by atoms with Crippen LogP contribution in [-0.2, 0) is 24.3 Å². The molecule has 1 aromatic rings. The molecule has 0 saturated heterocycles. The molecular formula is C17H19NO5S2. The second kappa shape index (κ2) is 10.0. The van der Waals surface area contributed by atoms with E-state index in [4.69, 9.17) is 0 Å². The molecule has 0 saturated carbocycles. The van der Waals surface area contributed by atoms with Gasteiger partial charge in [-0.25, -0.2) is 13.1 Å². The first kappa shape index (κ1) is 20.9. The third kappa shape index (κ3) is 9.70. The van der Waals surface area contributed by atoms with Crippen molar-refractivity contribution < 1.29 is 21.0 Å². The maximum absolute atomic E-state index is 12.0. The summed E-state index contributed by atoms with van der Waals surface area (Å²) in [4.78, 5) is 0.220. The van der Waals surface area contributed by atoms with Crippen molar-refractivity contribution in [2.24, 2.45) is 0 Å². The maximum atomic E-state index is 12.0. The van der Waals surface area contributed by atoms with E-state index in [-0.39, 0.29) is 18.0 Å². The molecule has 0 amide bonds. The number of rotatable bonds is 6. The van der Waals surface area contributed by atoms with E-state index in [1.54, 1.807) is 24.3 Å². The van der Waals surface area contributed by atoms with Crippen molar-refractivity contribution in [2.45, 2.75) is 18.2 Å². The molecule has 1 rings (SSSR count). The van der Waals surface area contributed by atoms with E-state index in [1.165, 1.54) is 12.2 Å². The Hall–Kier alpha value is -2.10. The van der Waals surface area contributed by atoms with Crippen LogP contribution in [0.4, 0.5) is 0 Å². The van der Waals surface area contributed by atoms with Gasteiger partial charge in [0.2, 0.25) is 10.0 Å². The van der Waals surface area contributed by atoms with Gasteiger partial charge in [-0.1, -0.05) is 41.4 Å². The van der Waals surface area contributed by atoms with Crippen molar-refractivity contribution in [3.63, 3.8) is 0 Å². The highest BCUT2D eigenvalue weighted by atomic mass is 32.2. The highest BCUT2D eigenvalue weighted by Crippen LogP contribution is 2.09. The Labute approximate surface area is 149 Å². The monoisotopic (exact) mass is 381 g/mol. The van der Waals surface area contributed by atoms with E-state index >= 15 is 0 Å². The first-order valence-corrected chi connectivity index (χ1v) is 10.5. The van der Waals surface area contributed by atoms with Crippen LogP contribution >= 0.6 is 0 Å². The third-order valence-electron chi connectivity index (χ3n) is 2.67. The van der Waals surface area contributed by atoms with Crippen LogP contribution < -0.4 is 4.72 Å². The number of hydrogen-bond acceptors (Lipinski definition) is 5. The smallest absolute Gasteiger partial charge is 0.257 e. The molecule has 0 unspecified atom stereocenters. The molecule has 0 aliphatic rings. The molecular weight excluding hydrogens is 362 g/mol. The van der Waals surface area contributed by atoms with E-state index in [0.717, 1.165) is 11.8 Å². The lowest BCUT2D eigenvalue weighted by atomic mass is 10.2. The largest absolute Gasteiger partial charge is 0.265 e. The fourth-order valence-corrected chi connectivity index (χ4v) is 2.81. The number of allylic oxidation sites excluding steroid dienone is 2. The second-order valence-corrected chi connectivity index (χ2v) is 8.31. The molecule has 0 aliphatic carbocycles. The van der Waals surface area contributed by atoms with Gasteiger partial charge in [0, 0.05) is 13.0 Å². The average molecular weight is 381 g/mol. The van der Waals surface area contributed by atoms with E-state index in [2.05, 4.69) is 32.6 Å². The Balaban J connectivity index is 2.34. The van der Waals surface area contributed by atoms with Gasteiger partial charge in [0.05, 0.1) is 11.2 Å². The lowest BCUT2D eigenvalue weighted by Crippen LogP contribution is -2.24. The van der Waals surface area contributed by atoms with Crippen LogP contribution in [0.3, 0.4) is 0 Å². The molecule has 0 fully saturated rings. The van der Waals surface area contributed by atoms with Gasteiger partial charge in [0.25, 0.3) is 10.1 Å². The lowest BCUT2D eigenvalue weighted by Gasteiger charge is -2.05. The van der Waals surface area contributed by atoms with Crippen LogP contribution in [0.15, 0.2) is 41.3 Å². The summed E-state index contributed by atoms with van der Waals surface area (Å²) in [5.41, 5.74) is 0.989. The van der Waals surface area contributed by atoms with Crippen molar-refractivity contribution in [3.05, 3.63) is 42.0 Å². The quantitative estimate of drug-likeness (QED) is 0.454. The van der Waals surface area contributed by atoms with Crippen molar-refractivity contribution >= 4 is 20.1 Å². The van der Waals surface area contributed by atoms with Crippen LogP contribution in [0, 0.1) is 30.6 Å². The highest BCUT2D eigenvalue weighted by molar-refractivity contribution is 7.89. The standard InChI is InChI=1S/C17H19NO5S2/c1-16-10-12-17(13-11-16)25(21,22)18-14-8-6-4-3-5-7-9-15-23-24(2,19)20/h3,5,10-13,18H,8,14-15H2,1-2H3/b5-3+. The first-order chi connectivity index (χ1) is 11.7. The number of benzene rings is 1. The number of nitrogens with one attached hydrogen (secondary N) is 1. The van der Waals surface area contributed by atoms with Crippen molar-refractivity contribution in [2.75, 3.05) is 19.4 Å². The molecule has 0 heterocycles. The van der Waals surface area contributed by atoms with Gasteiger partial charge in [-0.05, 0) is 31.2 Å². The Morgan fingerprint density at radius 2 is 1.64 bits per heavy atom. The molecule has 0 aliphatic heterocycles. The first-order valence-electron chi connectivity index (χ1n) is 7.23. The topological polar surface area (TPSA) is 89.5 Å². The van der Waals surface area contributed by atoms with Crippen molar-refractivity contribution in [3.8, 4) is 23.7 Å². The van der Waals surface area contributed by atoms with E-state index in [0.29, 0.717) is 6.42 Å². The van der Waals surface area contributed by atoms with E-state index < -0.39 is 20.1 Å². The Morgan fingerprint density at radius 1 is 1.04 bits per heavy atom. The summed E-state index contributed by atoms with van der Waals surface area (Å²) in [5, 5.41) is 0. The summed E-state index contributed by atoms with van der Waals surface area (Å²) in [6.45, 7) is 1.87. The minimum atomic E-state index is -3.52. The fourth-order valence-electron chi connectivity index (χ4n) is 1.50. The molecule has 0 bridgehead atoms. The summed E-state index contributed by atoms with van der Waals surface area (Å²) < 4.78 is 52.2. The van der Waals surface area contributed by atoms with Crippen molar-refractivity contribution in [1.82, 2.24) is 4.72 Å². The molecule has 0 aromatic heterocycles. The zero-order valence-corrected chi connectivity index (χ0v) is 15.6. The molecule has 0 radical (unpaired) electrons. The molecule has 25 heavy (non-hydrogen) atoms. The van der Waals surface area contributed by atoms with Gasteiger partial charge in [-0.3, -0.25) is 4.18 Å². The van der Waals surface area contributed by atoms with Gasteiger partial charge in [0.15, 0.2) is 0 Å². The second-order valence-electron chi connectivity index (χ2n) is 4.90. The van der Waals surface area contributed by atoms with Gasteiger partial charge < -0.3 is 0 Å². The van der Waals surface area contributed by atoms with Crippen LogP contribution in [0.25, 0.3) is 0 Å². The van der Waals surface area contributed by atoms with Crippen LogP contribution in [0.1, 0.15) is 12.0 Å². The minimum Gasteiger partial charge on any atom is -0.257 e. The Kier molecular flexibility index (Phi) is 8.39. The molecule has 0 atom stereocenters. The van der Waals surface area contributed by atoms with Gasteiger partial charge in [-0.2, -0.15) is 8.42 Å². The highest BCUT2D eigenvalue weighted by Gasteiger charge is 2.11. The number of hydrogen-bond donors (Lipinski definition) is 1. The van der Waals surface area contributed by atoms with Gasteiger partial charge in [0.1, 0.15) is 6.61 Å². The summed E-state index contributed by atoms with van der Waals surface area (Å²) in [5.74, 6) is 10.5. The molecule has 0 spiro atoms. The predicted octanol–water partition coefficient (Wildman–Crippen LogP) is 1.20. The minimum absolute atomic E-state index is 0.199. The summed E-state index contributed by atoms with van der Waals surface area (Å²) in [6, 6.07) is 6.58. The zero-order valence-electron chi connectivity index (χ0n) is 13.9. The molecule has 6 nitrogen and oxygen atoms in total. The molecule has 1 N–H and O–H groups in total. The fraction of sp³-hybridized carbons (Fsp3) is 0.294. The van der Waals surface area contributed by atoms with Crippen LogP contribution in [-0.4, -0.2) is 36.2 Å². The summed E-state index contributed by atoms with van der Waals surface area (Å²) in [7, 11) is -6.99. The number of aryl methyl sites for hydroxylation is 1. The Bertz CT molecular complexity index is 923. The molecule has 134 valence electrons. The Morgan fingerprint density at radius 3 is 2.24 bits per heavy atom. The normalized spacial score (nSPS) is 11.4. The average Bonchev–Trinajstić information content (AvgIpc) is 2.52. The summed E-state index contributed by atoms with van der Waals surface area (Å²) >= 11 is 0. The van der Waals surface area contributed by atoms with E-state index in [9.17, 15) is 16.8 Å². The van der Waals surface area contributed by atoms with Crippen LogP contribution in [0.2, 0.25) is 0 Å². The summed E-state index contributed by atoms with van der Waals surface area (Å²) in [6.07, 6.45) is 4.24. The molecule has 8 heteroatoms. The van der Waals surface area contributed by atoms with E-state index in [1.807, 2.05) is 6.92 Å². The van der Waals surface area contributed by atoms with Gasteiger partial charge in [-0.15, -0.1) is 0 Å².